The number of carbonyl (C=O) groups excluding carboxylic acids is 2. The molecule has 30 heavy (non-hydrogen) atoms. The summed E-state index contributed by atoms with van der Waals surface area (Å²) in [6, 6.07) is 11.0. The number of hydrogen-bond donors (Lipinski definition) is 4. The number of nitrogens with two attached hydrogens (primary N) is 1. The van der Waals surface area contributed by atoms with Crippen molar-refractivity contribution < 1.29 is 14.7 Å². The number of carbonyl (C=O) groups is 2. The number of nitrogens with one attached hydrogen (secondary N) is 2. The Labute approximate surface area is 176 Å². The summed E-state index contributed by atoms with van der Waals surface area (Å²) in [5, 5.41) is 15.6. The van der Waals surface area contributed by atoms with E-state index in [0.717, 1.165) is 37.2 Å². The predicted octanol–water partition coefficient (Wildman–Crippen LogP) is 2.68. The topological polar surface area (TPSA) is 108 Å². The highest BCUT2D eigenvalue weighted by Gasteiger charge is 2.24. The number of aryl methyl sites for hydroxylation is 1. The van der Waals surface area contributed by atoms with Crippen molar-refractivity contribution in [2.24, 2.45) is 0 Å². The zero-order chi connectivity index (χ0) is 21.3. The Morgan fingerprint density at radius 2 is 1.77 bits per heavy atom. The lowest BCUT2D eigenvalue weighted by Gasteiger charge is -2.31. The predicted molar refractivity (Wildman–Crippen MR) is 118 cm³/mol. The summed E-state index contributed by atoms with van der Waals surface area (Å²) >= 11 is 0. The van der Waals surface area contributed by atoms with Crippen molar-refractivity contribution in [3.05, 3.63) is 53.1 Å². The maximum atomic E-state index is 13.0. The molecule has 2 amide bonds. The third-order valence-electron chi connectivity index (χ3n) is 5.77. The molecule has 2 aliphatic rings. The zero-order valence-corrected chi connectivity index (χ0v) is 17.1. The monoisotopic (exact) mass is 408 g/mol. The van der Waals surface area contributed by atoms with Crippen LogP contribution in [0.25, 0.3) is 0 Å². The van der Waals surface area contributed by atoms with Gasteiger partial charge in [0.05, 0.1) is 11.7 Å². The van der Waals surface area contributed by atoms with Crippen molar-refractivity contribution in [2.45, 2.75) is 44.8 Å². The first kappa shape index (κ1) is 20.2. The van der Waals surface area contributed by atoms with E-state index in [4.69, 9.17) is 5.73 Å². The van der Waals surface area contributed by atoms with Gasteiger partial charge in [-0.3, -0.25) is 9.59 Å². The molecule has 1 saturated carbocycles. The Morgan fingerprint density at radius 3 is 2.47 bits per heavy atom. The summed E-state index contributed by atoms with van der Waals surface area (Å²) in [5.74, 6) is -0.434. The van der Waals surface area contributed by atoms with Gasteiger partial charge in [-0.1, -0.05) is 6.07 Å². The van der Waals surface area contributed by atoms with Crippen molar-refractivity contribution in [1.82, 2.24) is 5.32 Å². The fraction of sp³-hybridized carbons (Fsp3) is 0.391. The van der Waals surface area contributed by atoms with E-state index in [9.17, 15) is 14.7 Å². The van der Waals surface area contributed by atoms with Gasteiger partial charge in [-0.05, 0) is 68.5 Å². The minimum Gasteiger partial charge on any atom is -0.398 e. The summed E-state index contributed by atoms with van der Waals surface area (Å²) in [6.45, 7) is 3.36. The van der Waals surface area contributed by atoms with Crippen molar-refractivity contribution in [3.8, 4) is 0 Å². The minimum atomic E-state index is -0.311. The number of rotatable bonds is 5. The smallest absolute Gasteiger partial charge is 0.257 e. The summed E-state index contributed by atoms with van der Waals surface area (Å²) in [4.78, 5) is 27.5. The second-order valence-corrected chi connectivity index (χ2v) is 8.22. The van der Waals surface area contributed by atoms with Gasteiger partial charge in [0.1, 0.15) is 0 Å². The van der Waals surface area contributed by atoms with Crippen molar-refractivity contribution >= 4 is 28.9 Å². The van der Waals surface area contributed by atoms with Gasteiger partial charge in [0.25, 0.3) is 11.8 Å². The molecule has 7 heteroatoms. The number of amides is 2. The molecule has 0 atom stereocenters. The van der Waals surface area contributed by atoms with Gasteiger partial charge < -0.3 is 26.4 Å². The van der Waals surface area contributed by atoms with Crippen molar-refractivity contribution in [3.63, 3.8) is 0 Å². The van der Waals surface area contributed by atoms with Crippen LogP contribution in [0.2, 0.25) is 0 Å². The lowest BCUT2D eigenvalue weighted by molar-refractivity contribution is 0.0949. The van der Waals surface area contributed by atoms with Crippen LogP contribution in [-0.4, -0.2) is 42.2 Å². The van der Waals surface area contributed by atoms with E-state index in [1.807, 2.05) is 19.1 Å². The van der Waals surface area contributed by atoms with Crippen LogP contribution in [0.4, 0.5) is 17.1 Å². The quantitative estimate of drug-likeness (QED) is 0.569. The zero-order valence-electron chi connectivity index (χ0n) is 17.1. The van der Waals surface area contributed by atoms with Crippen molar-refractivity contribution in [2.75, 3.05) is 29.0 Å². The van der Waals surface area contributed by atoms with Crippen LogP contribution in [0.3, 0.4) is 0 Å². The van der Waals surface area contributed by atoms with Crippen LogP contribution < -0.4 is 21.3 Å². The molecule has 2 fully saturated rings. The maximum absolute atomic E-state index is 13.0. The second-order valence-electron chi connectivity index (χ2n) is 8.22. The van der Waals surface area contributed by atoms with Gasteiger partial charge in [-0.25, -0.2) is 0 Å². The number of anilines is 3. The Balaban J connectivity index is 1.52. The molecule has 5 N–H and O–H groups in total. The summed E-state index contributed by atoms with van der Waals surface area (Å²) in [5.41, 5.74) is 9.78. The molecular formula is C23H28N4O3. The molecule has 2 aromatic carbocycles. The molecule has 0 unspecified atom stereocenters. The van der Waals surface area contributed by atoms with Crippen LogP contribution in [0, 0.1) is 6.92 Å². The molecule has 0 radical (unpaired) electrons. The average molecular weight is 409 g/mol. The first-order valence-electron chi connectivity index (χ1n) is 10.5. The largest absolute Gasteiger partial charge is 0.398 e. The number of aliphatic hydroxyl groups is 1. The fourth-order valence-electron chi connectivity index (χ4n) is 3.65. The summed E-state index contributed by atoms with van der Waals surface area (Å²) in [7, 11) is 0. The third kappa shape index (κ3) is 4.57. The average Bonchev–Trinajstić information content (AvgIpc) is 3.54. The van der Waals surface area contributed by atoms with Crippen LogP contribution in [0.5, 0.6) is 0 Å². The minimum absolute atomic E-state index is 0.123. The number of piperidine rings is 1. The van der Waals surface area contributed by atoms with Gasteiger partial charge in [-0.15, -0.1) is 0 Å². The molecule has 7 nitrogen and oxygen atoms in total. The number of aliphatic hydroxyl groups excluding tert-OH is 1. The van der Waals surface area contributed by atoms with Crippen LogP contribution in [-0.2, 0) is 0 Å². The standard InChI is InChI=1S/C23H28N4O3/c1-14-2-3-15(22(29)25-16-4-5-16)12-21(14)26-23(30)19-13-17(6-7-20(19)24)27-10-8-18(28)9-11-27/h2-3,6-7,12-13,16,18,28H,4-5,8-11,24H2,1H3,(H,25,29)(H,26,30). The Kier molecular flexibility index (Phi) is 5.63. The van der Waals surface area contributed by atoms with Crippen molar-refractivity contribution in [1.29, 1.82) is 0 Å². The Morgan fingerprint density at radius 1 is 1.03 bits per heavy atom. The second kappa shape index (κ2) is 8.36. The number of benzene rings is 2. The Bertz CT molecular complexity index is 963. The number of nitrogen functional groups attached to an aromatic ring is 1. The van der Waals surface area contributed by atoms with E-state index in [1.165, 1.54) is 0 Å². The van der Waals surface area contributed by atoms with Gasteiger partial charge >= 0.3 is 0 Å². The first-order chi connectivity index (χ1) is 14.4. The van der Waals surface area contributed by atoms with E-state index in [1.54, 1.807) is 24.3 Å². The normalized spacial score (nSPS) is 16.9. The van der Waals surface area contributed by atoms with Crippen LogP contribution in [0.1, 0.15) is 52.0 Å². The van der Waals surface area contributed by atoms with E-state index in [2.05, 4.69) is 15.5 Å². The number of nitrogens with zero attached hydrogens (tertiary/aromatic N) is 1. The lowest BCUT2D eigenvalue weighted by Crippen LogP contribution is -2.35. The highest BCUT2D eigenvalue weighted by Crippen LogP contribution is 2.26. The van der Waals surface area contributed by atoms with Crippen LogP contribution >= 0.6 is 0 Å². The highest BCUT2D eigenvalue weighted by atomic mass is 16.3. The highest BCUT2D eigenvalue weighted by molar-refractivity contribution is 6.09. The van der Waals surface area contributed by atoms with E-state index >= 15 is 0 Å². The van der Waals surface area contributed by atoms with Crippen LogP contribution in [0.15, 0.2) is 36.4 Å². The first-order valence-corrected chi connectivity index (χ1v) is 10.5. The third-order valence-corrected chi connectivity index (χ3v) is 5.77. The Hall–Kier alpha value is -3.06. The summed E-state index contributed by atoms with van der Waals surface area (Å²) in [6.07, 6.45) is 3.20. The molecule has 1 saturated heterocycles. The molecule has 0 spiro atoms. The van der Waals surface area contributed by atoms with E-state index in [-0.39, 0.29) is 24.0 Å². The maximum Gasteiger partial charge on any atom is 0.257 e. The lowest BCUT2D eigenvalue weighted by atomic mass is 10.0. The molecule has 1 heterocycles. The van der Waals surface area contributed by atoms with Gasteiger partial charge in [-0.2, -0.15) is 0 Å². The van der Waals surface area contributed by atoms with E-state index in [0.29, 0.717) is 35.3 Å². The molecule has 0 aromatic heterocycles. The number of hydrogen-bond acceptors (Lipinski definition) is 5. The molecule has 0 bridgehead atoms. The molecule has 158 valence electrons. The fourth-order valence-corrected chi connectivity index (χ4v) is 3.65. The SMILES string of the molecule is Cc1ccc(C(=O)NC2CC2)cc1NC(=O)c1cc(N2CCC(O)CC2)ccc1N. The van der Waals surface area contributed by atoms with Gasteiger partial charge in [0.2, 0.25) is 0 Å². The molecule has 1 aliphatic carbocycles. The molecule has 1 aliphatic heterocycles. The van der Waals surface area contributed by atoms with E-state index < -0.39 is 0 Å². The molecular weight excluding hydrogens is 380 g/mol. The van der Waals surface area contributed by atoms with Gasteiger partial charge in [0, 0.05) is 41.8 Å². The molecule has 4 rings (SSSR count). The summed E-state index contributed by atoms with van der Waals surface area (Å²) < 4.78 is 0. The van der Waals surface area contributed by atoms with Gasteiger partial charge in [0.15, 0.2) is 0 Å². The molecule has 2 aromatic rings.